The molecule has 0 radical (unpaired) electrons. The monoisotopic (exact) mass is 554 g/mol. The minimum absolute atomic E-state index is 0.0693. The van der Waals surface area contributed by atoms with Crippen LogP contribution in [-0.2, 0) is 16.6 Å². The van der Waals surface area contributed by atoms with Crippen molar-refractivity contribution in [3.05, 3.63) is 68.8 Å². The van der Waals surface area contributed by atoms with Crippen molar-refractivity contribution >= 4 is 49.2 Å². The molecule has 0 aliphatic carbocycles. The highest BCUT2D eigenvalue weighted by Gasteiger charge is 2.48. The average molecular weight is 556 g/mol. The molecule has 1 aliphatic rings. The number of anilines is 1. The highest BCUT2D eigenvalue weighted by atomic mass is 79.9. The third-order valence-electron chi connectivity index (χ3n) is 6.20. The molecular formula is C23H20Br2N6O. The van der Waals surface area contributed by atoms with E-state index >= 15 is 0 Å². The number of carbonyl (C=O) groups excluding carboxylic acids is 1. The zero-order valence-corrected chi connectivity index (χ0v) is 20.9. The Kier molecular flexibility index (Phi) is 5.13. The van der Waals surface area contributed by atoms with Crippen molar-refractivity contribution in [1.82, 2.24) is 24.3 Å². The predicted octanol–water partition coefficient (Wildman–Crippen LogP) is 5.17. The zero-order chi connectivity index (χ0) is 22.6. The van der Waals surface area contributed by atoms with Crippen molar-refractivity contribution < 1.29 is 4.79 Å². The molecule has 1 aliphatic heterocycles. The number of halogens is 2. The van der Waals surface area contributed by atoms with E-state index in [1.807, 2.05) is 49.6 Å². The summed E-state index contributed by atoms with van der Waals surface area (Å²) < 4.78 is 3.34. The number of nitrogens with one attached hydrogen (secondary N) is 1. The van der Waals surface area contributed by atoms with E-state index in [4.69, 9.17) is 15.0 Å². The number of imidazole rings is 1. The Balaban J connectivity index is 1.66. The molecule has 0 saturated heterocycles. The molecule has 0 bridgehead atoms. The van der Waals surface area contributed by atoms with Gasteiger partial charge in [0.2, 0.25) is 5.91 Å². The summed E-state index contributed by atoms with van der Waals surface area (Å²) in [5.74, 6) is 0.976. The molecule has 5 rings (SSSR count). The Morgan fingerprint density at radius 2 is 1.88 bits per heavy atom. The van der Waals surface area contributed by atoms with Gasteiger partial charge in [-0.15, -0.1) is 0 Å². The largest absolute Gasteiger partial charge is 0.310 e. The third-order valence-corrected chi connectivity index (χ3v) is 7.36. The van der Waals surface area contributed by atoms with Gasteiger partial charge in [0.15, 0.2) is 11.5 Å². The second kappa shape index (κ2) is 7.74. The number of hydrogen-bond acceptors (Lipinski definition) is 5. The molecular weight excluding hydrogens is 536 g/mol. The van der Waals surface area contributed by atoms with Gasteiger partial charge in [0.1, 0.15) is 20.7 Å². The molecule has 32 heavy (non-hydrogen) atoms. The van der Waals surface area contributed by atoms with Gasteiger partial charge in [-0.3, -0.25) is 9.20 Å². The summed E-state index contributed by atoms with van der Waals surface area (Å²) in [5.41, 5.74) is 3.40. The lowest BCUT2D eigenvalue weighted by Crippen LogP contribution is -2.36. The second-order valence-electron chi connectivity index (χ2n) is 8.38. The van der Waals surface area contributed by atoms with Gasteiger partial charge in [0.25, 0.3) is 0 Å². The van der Waals surface area contributed by atoms with E-state index in [1.165, 1.54) is 0 Å². The fraction of sp³-hybridized carbons (Fsp3) is 0.261. The number of aromatic nitrogens is 5. The Bertz CT molecular complexity index is 1370. The summed E-state index contributed by atoms with van der Waals surface area (Å²) in [6.07, 6.45) is 4.23. The first-order valence-electron chi connectivity index (χ1n) is 10.2. The minimum Gasteiger partial charge on any atom is -0.310 e. The molecule has 9 heteroatoms. The van der Waals surface area contributed by atoms with Gasteiger partial charge in [-0.1, -0.05) is 44.2 Å². The predicted molar refractivity (Wildman–Crippen MR) is 129 cm³/mol. The Hall–Kier alpha value is -2.65. The van der Waals surface area contributed by atoms with Gasteiger partial charge in [0, 0.05) is 18.2 Å². The van der Waals surface area contributed by atoms with E-state index < -0.39 is 5.41 Å². The van der Waals surface area contributed by atoms with Crippen molar-refractivity contribution in [2.24, 2.45) is 5.92 Å². The van der Waals surface area contributed by atoms with E-state index in [1.54, 1.807) is 6.20 Å². The number of benzene rings is 1. The van der Waals surface area contributed by atoms with E-state index in [9.17, 15) is 4.79 Å². The molecule has 4 aromatic rings. The summed E-state index contributed by atoms with van der Waals surface area (Å²) in [4.78, 5) is 31.6. The van der Waals surface area contributed by atoms with Crippen LogP contribution in [-0.4, -0.2) is 30.2 Å². The lowest BCUT2D eigenvalue weighted by molar-refractivity contribution is -0.121. The van der Waals surface area contributed by atoms with Crippen LogP contribution in [0.4, 0.5) is 5.82 Å². The Labute approximate surface area is 202 Å². The van der Waals surface area contributed by atoms with Gasteiger partial charge < -0.3 is 5.32 Å². The van der Waals surface area contributed by atoms with Crippen LogP contribution in [0, 0.1) is 5.92 Å². The van der Waals surface area contributed by atoms with Crippen LogP contribution in [0.3, 0.4) is 0 Å². The summed E-state index contributed by atoms with van der Waals surface area (Å²) in [6.45, 7) is 5.98. The van der Waals surface area contributed by atoms with Crippen LogP contribution in [0.15, 0.2) is 51.9 Å². The van der Waals surface area contributed by atoms with Crippen molar-refractivity contribution in [3.8, 4) is 11.5 Å². The van der Waals surface area contributed by atoms with E-state index in [0.717, 1.165) is 27.1 Å². The van der Waals surface area contributed by atoms with Gasteiger partial charge in [-0.25, -0.2) is 19.9 Å². The van der Waals surface area contributed by atoms with E-state index in [2.05, 4.69) is 54.3 Å². The molecule has 0 saturated carbocycles. The molecule has 0 fully saturated rings. The highest BCUT2D eigenvalue weighted by molar-refractivity contribution is 9.10. The average Bonchev–Trinajstić information content (AvgIpc) is 3.27. The molecule has 1 N–H and O–H groups in total. The topological polar surface area (TPSA) is 85.1 Å². The quantitative estimate of drug-likeness (QED) is 0.351. The van der Waals surface area contributed by atoms with Crippen LogP contribution in [0.25, 0.3) is 17.2 Å². The van der Waals surface area contributed by atoms with Crippen LogP contribution in [0.2, 0.25) is 0 Å². The second-order valence-corrected chi connectivity index (χ2v) is 9.95. The smallest absolute Gasteiger partial charge is 0.236 e. The van der Waals surface area contributed by atoms with Crippen LogP contribution < -0.4 is 5.32 Å². The Morgan fingerprint density at radius 1 is 1.12 bits per heavy atom. The minimum atomic E-state index is -0.698. The zero-order valence-electron chi connectivity index (χ0n) is 17.7. The highest BCUT2D eigenvalue weighted by Crippen LogP contribution is 2.45. The molecule has 7 nitrogen and oxygen atoms in total. The molecule has 0 unspecified atom stereocenters. The molecule has 1 amide bonds. The normalized spacial score (nSPS) is 17.8. The summed E-state index contributed by atoms with van der Waals surface area (Å²) in [6, 6.07) is 10.1. The van der Waals surface area contributed by atoms with Crippen LogP contribution >= 0.6 is 31.9 Å². The standard InChI is InChI=1S/C23H20Br2N6O/c1-12(2)23(3)17-18(25)28-19(29-20(17)30-22(23)32)15-11-31-16(24)10-26-21(31)14(27-15)9-13-7-5-4-6-8-13/h4-8,10-12H,9H2,1-3H3,(H,28,29,30,32)/t23-/m1/s1. The maximum Gasteiger partial charge on any atom is 0.236 e. The summed E-state index contributed by atoms with van der Waals surface area (Å²) in [5, 5.41) is 2.94. The maximum absolute atomic E-state index is 12.8. The van der Waals surface area contributed by atoms with Gasteiger partial charge >= 0.3 is 0 Å². The molecule has 162 valence electrons. The molecule has 4 heterocycles. The van der Waals surface area contributed by atoms with Crippen molar-refractivity contribution in [2.45, 2.75) is 32.6 Å². The first-order chi connectivity index (χ1) is 15.3. The molecule has 1 aromatic carbocycles. The summed E-state index contributed by atoms with van der Waals surface area (Å²) in [7, 11) is 0. The van der Waals surface area contributed by atoms with Crippen LogP contribution in [0.1, 0.15) is 37.6 Å². The van der Waals surface area contributed by atoms with Crippen molar-refractivity contribution in [3.63, 3.8) is 0 Å². The van der Waals surface area contributed by atoms with E-state index in [0.29, 0.717) is 28.4 Å². The summed E-state index contributed by atoms with van der Waals surface area (Å²) >= 11 is 7.16. The lowest BCUT2D eigenvalue weighted by Gasteiger charge is -2.26. The number of fused-ring (bicyclic) bond motifs is 2. The van der Waals surface area contributed by atoms with Gasteiger partial charge in [-0.2, -0.15) is 0 Å². The van der Waals surface area contributed by atoms with Gasteiger partial charge in [0.05, 0.1) is 17.3 Å². The number of hydrogen-bond donors (Lipinski definition) is 1. The number of rotatable bonds is 4. The lowest BCUT2D eigenvalue weighted by atomic mass is 9.75. The molecule has 3 aromatic heterocycles. The Morgan fingerprint density at radius 3 is 2.59 bits per heavy atom. The van der Waals surface area contributed by atoms with Gasteiger partial charge in [-0.05, 0) is 50.3 Å². The fourth-order valence-electron chi connectivity index (χ4n) is 4.04. The number of nitrogens with zero attached hydrogens (tertiary/aromatic N) is 5. The molecule has 1 atom stereocenters. The number of amides is 1. The maximum atomic E-state index is 12.8. The van der Waals surface area contributed by atoms with Crippen LogP contribution in [0.5, 0.6) is 0 Å². The number of carbonyl (C=O) groups is 1. The molecule has 0 spiro atoms. The van der Waals surface area contributed by atoms with Crippen molar-refractivity contribution in [2.75, 3.05) is 5.32 Å². The fourth-order valence-corrected chi connectivity index (χ4v) is 5.18. The van der Waals surface area contributed by atoms with E-state index in [-0.39, 0.29) is 11.8 Å². The third kappa shape index (κ3) is 3.26. The SMILES string of the molecule is CC(C)[C@@]1(C)C(=O)Nc2nc(-c3cn4c(Br)cnc4c(Cc4ccccc4)n3)nc(Br)c21. The first-order valence-corrected chi connectivity index (χ1v) is 11.8. The van der Waals surface area contributed by atoms with Crippen molar-refractivity contribution in [1.29, 1.82) is 0 Å². The first kappa shape index (κ1) is 21.2.